The molecule has 82 valence electrons. The van der Waals surface area contributed by atoms with Crippen LogP contribution in [0.25, 0.3) is 0 Å². The Labute approximate surface area is 99.9 Å². The molecule has 0 amide bonds. The first-order valence-corrected chi connectivity index (χ1v) is 6.47. The van der Waals surface area contributed by atoms with Crippen LogP contribution in [0.3, 0.4) is 0 Å². The Kier molecular flexibility index (Phi) is 2.34. The predicted molar refractivity (Wildman–Crippen MR) is 68.9 cm³/mol. The summed E-state index contributed by atoms with van der Waals surface area (Å²) in [7, 11) is 0. The maximum absolute atomic E-state index is 6.34. The van der Waals surface area contributed by atoms with E-state index in [2.05, 4.69) is 43.3 Å². The molecule has 16 heavy (non-hydrogen) atoms. The van der Waals surface area contributed by atoms with Gasteiger partial charge in [-0.15, -0.1) is 11.3 Å². The van der Waals surface area contributed by atoms with Gasteiger partial charge in [-0.3, -0.25) is 0 Å². The van der Waals surface area contributed by atoms with Gasteiger partial charge in [-0.2, -0.15) is 0 Å². The Hall–Kier alpha value is -1.12. The standard InChI is InChI=1S/C14H15NS/c1-9-6-7-13(16-9)14(15)12-8-10-4-2-3-5-11(10)12/h2-7,12,14H,8,15H2,1H3. The smallest absolute Gasteiger partial charge is 0.0462 e. The molecule has 2 aromatic rings. The molecule has 0 saturated heterocycles. The molecule has 0 radical (unpaired) electrons. The maximum atomic E-state index is 6.34. The molecular formula is C14H15NS. The Balaban J connectivity index is 1.87. The summed E-state index contributed by atoms with van der Waals surface area (Å²) in [5.74, 6) is 0.522. The number of nitrogens with two attached hydrogens (primary N) is 1. The van der Waals surface area contributed by atoms with Crippen LogP contribution in [0, 0.1) is 6.92 Å². The summed E-state index contributed by atoms with van der Waals surface area (Å²) in [6, 6.07) is 13.1. The fourth-order valence-corrected chi connectivity index (χ4v) is 3.39. The van der Waals surface area contributed by atoms with Crippen LogP contribution in [0.15, 0.2) is 36.4 Å². The summed E-state index contributed by atoms with van der Waals surface area (Å²) in [5.41, 5.74) is 9.25. The van der Waals surface area contributed by atoms with Gasteiger partial charge < -0.3 is 5.73 Å². The Morgan fingerprint density at radius 2 is 2.06 bits per heavy atom. The number of hydrogen-bond acceptors (Lipinski definition) is 2. The quantitative estimate of drug-likeness (QED) is 0.839. The molecule has 0 aliphatic heterocycles. The molecule has 2 unspecified atom stereocenters. The first-order valence-electron chi connectivity index (χ1n) is 5.65. The highest BCUT2D eigenvalue weighted by Crippen LogP contribution is 2.43. The lowest BCUT2D eigenvalue weighted by molar-refractivity contribution is 0.506. The van der Waals surface area contributed by atoms with Gasteiger partial charge in [-0.1, -0.05) is 24.3 Å². The number of thiophene rings is 1. The second-order valence-corrected chi connectivity index (χ2v) is 5.80. The zero-order valence-corrected chi connectivity index (χ0v) is 10.1. The first kappa shape index (κ1) is 10.1. The second kappa shape index (κ2) is 3.72. The van der Waals surface area contributed by atoms with E-state index in [1.807, 2.05) is 11.3 Å². The van der Waals surface area contributed by atoms with Crippen molar-refractivity contribution in [3.8, 4) is 0 Å². The summed E-state index contributed by atoms with van der Waals surface area (Å²) in [6.07, 6.45) is 1.13. The summed E-state index contributed by atoms with van der Waals surface area (Å²) in [6.45, 7) is 2.13. The van der Waals surface area contributed by atoms with Crippen molar-refractivity contribution in [1.82, 2.24) is 0 Å². The van der Waals surface area contributed by atoms with Crippen LogP contribution in [-0.4, -0.2) is 0 Å². The second-order valence-electron chi connectivity index (χ2n) is 4.48. The van der Waals surface area contributed by atoms with Gasteiger partial charge in [0.05, 0.1) is 0 Å². The van der Waals surface area contributed by atoms with E-state index < -0.39 is 0 Å². The highest BCUT2D eigenvalue weighted by Gasteiger charge is 2.31. The summed E-state index contributed by atoms with van der Waals surface area (Å²) >= 11 is 1.82. The van der Waals surface area contributed by atoms with Crippen molar-refractivity contribution in [2.75, 3.05) is 0 Å². The Morgan fingerprint density at radius 3 is 2.75 bits per heavy atom. The van der Waals surface area contributed by atoms with Crippen molar-refractivity contribution in [3.05, 3.63) is 57.3 Å². The molecular weight excluding hydrogens is 214 g/mol. The van der Waals surface area contributed by atoms with Gasteiger partial charge in [0.15, 0.2) is 0 Å². The molecule has 1 aliphatic rings. The van der Waals surface area contributed by atoms with E-state index in [-0.39, 0.29) is 6.04 Å². The highest BCUT2D eigenvalue weighted by atomic mass is 32.1. The minimum atomic E-state index is 0.175. The van der Waals surface area contributed by atoms with Gasteiger partial charge in [-0.25, -0.2) is 0 Å². The lowest BCUT2D eigenvalue weighted by Crippen LogP contribution is -2.28. The van der Waals surface area contributed by atoms with E-state index in [0.29, 0.717) is 5.92 Å². The van der Waals surface area contributed by atoms with Gasteiger partial charge in [-0.05, 0) is 36.6 Å². The van der Waals surface area contributed by atoms with E-state index in [4.69, 9.17) is 5.73 Å². The number of benzene rings is 1. The molecule has 2 N–H and O–H groups in total. The van der Waals surface area contributed by atoms with E-state index in [1.54, 1.807) is 0 Å². The van der Waals surface area contributed by atoms with Crippen LogP contribution in [0.1, 0.15) is 32.8 Å². The third-order valence-electron chi connectivity index (χ3n) is 3.42. The first-order chi connectivity index (χ1) is 7.75. The van der Waals surface area contributed by atoms with Crippen LogP contribution in [0.4, 0.5) is 0 Å². The Bertz CT molecular complexity index is 515. The molecule has 0 saturated carbocycles. The van der Waals surface area contributed by atoms with Crippen LogP contribution >= 0.6 is 11.3 Å². The fraction of sp³-hybridized carbons (Fsp3) is 0.286. The monoisotopic (exact) mass is 229 g/mol. The van der Waals surface area contributed by atoms with Crippen molar-refractivity contribution < 1.29 is 0 Å². The third kappa shape index (κ3) is 1.49. The number of rotatable bonds is 2. The van der Waals surface area contributed by atoms with Crippen molar-refractivity contribution >= 4 is 11.3 Å². The lowest BCUT2D eigenvalue weighted by atomic mass is 9.73. The van der Waals surface area contributed by atoms with Crippen LogP contribution in [0.2, 0.25) is 0 Å². The molecule has 0 spiro atoms. The number of fused-ring (bicyclic) bond motifs is 1. The molecule has 1 aromatic heterocycles. The van der Waals surface area contributed by atoms with Crippen LogP contribution in [0.5, 0.6) is 0 Å². The predicted octanol–water partition coefficient (Wildman–Crippen LogP) is 3.40. The van der Waals surface area contributed by atoms with Gasteiger partial charge in [0.2, 0.25) is 0 Å². The van der Waals surface area contributed by atoms with Crippen molar-refractivity contribution in [2.24, 2.45) is 5.73 Å². The van der Waals surface area contributed by atoms with E-state index >= 15 is 0 Å². The van der Waals surface area contributed by atoms with Crippen LogP contribution in [-0.2, 0) is 6.42 Å². The van der Waals surface area contributed by atoms with Crippen molar-refractivity contribution in [2.45, 2.75) is 25.3 Å². The molecule has 1 nitrogen and oxygen atoms in total. The lowest BCUT2D eigenvalue weighted by Gasteiger charge is -2.34. The summed E-state index contributed by atoms with van der Waals surface area (Å²) in [5, 5.41) is 0. The third-order valence-corrected chi connectivity index (χ3v) is 4.52. The van der Waals surface area contributed by atoms with E-state index in [0.717, 1.165) is 6.42 Å². The van der Waals surface area contributed by atoms with Gasteiger partial charge >= 0.3 is 0 Å². The zero-order chi connectivity index (χ0) is 11.1. The molecule has 1 heterocycles. The Morgan fingerprint density at radius 1 is 1.25 bits per heavy atom. The minimum Gasteiger partial charge on any atom is -0.323 e. The van der Waals surface area contributed by atoms with Crippen molar-refractivity contribution in [3.63, 3.8) is 0 Å². The van der Waals surface area contributed by atoms with Crippen molar-refractivity contribution in [1.29, 1.82) is 0 Å². The van der Waals surface area contributed by atoms with Gasteiger partial charge in [0, 0.05) is 21.7 Å². The normalized spacial score (nSPS) is 20.0. The van der Waals surface area contributed by atoms with E-state index in [9.17, 15) is 0 Å². The fourth-order valence-electron chi connectivity index (χ4n) is 2.45. The molecule has 1 aromatic carbocycles. The molecule has 1 aliphatic carbocycles. The minimum absolute atomic E-state index is 0.175. The van der Waals surface area contributed by atoms with E-state index in [1.165, 1.54) is 20.9 Å². The van der Waals surface area contributed by atoms with Gasteiger partial charge in [0.25, 0.3) is 0 Å². The highest BCUT2D eigenvalue weighted by molar-refractivity contribution is 7.12. The molecule has 0 fully saturated rings. The average molecular weight is 229 g/mol. The molecule has 3 rings (SSSR count). The topological polar surface area (TPSA) is 26.0 Å². The average Bonchev–Trinajstić information content (AvgIpc) is 2.67. The zero-order valence-electron chi connectivity index (χ0n) is 9.31. The number of aryl methyl sites for hydroxylation is 1. The molecule has 2 atom stereocenters. The van der Waals surface area contributed by atoms with Gasteiger partial charge in [0.1, 0.15) is 0 Å². The molecule has 2 heteroatoms. The molecule has 0 bridgehead atoms. The number of hydrogen-bond donors (Lipinski definition) is 1. The largest absolute Gasteiger partial charge is 0.323 e. The maximum Gasteiger partial charge on any atom is 0.0462 e. The summed E-state index contributed by atoms with van der Waals surface area (Å²) < 4.78 is 0. The summed E-state index contributed by atoms with van der Waals surface area (Å²) in [4.78, 5) is 2.66. The van der Waals surface area contributed by atoms with Crippen LogP contribution < -0.4 is 5.73 Å². The SMILES string of the molecule is Cc1ccc(C(N)C2Cc3ccccc32)s1.